The van der Waals surface area contributed by atoms with Gasteiger partial charge < -0.3 is 15.5 Å². The maximum absolute atomic E-state index is 12.9. The quantitative estimate of drug-likeness (QED) is 0.496. The minimum atomic E-state index is -5.02. The summed E-state index contributed by atoms with van der Waals surface area (Å²) in [5.74, 6) is -2.44. The molecule has 2 aromatic carbocycles. The zero-order chi connectivity index (χ0) is 21.3. The number of rotatable bonds is 4. The number of phenols is 2. The third kappa shape index (κ3) is 5.30. The molecule has 0 spiro atoms. The van der Waals surface area contributed by atoms with Gasteiger partial charge in [-0.25, -0.2) is 0 Å². The molecule has 0 heterocycles. The van der Waals surface area contributed by atoms with Gasteiger partial charge in [0.2, 0.25) is 5.91 Å². The van der Waals surface area contributed by atoms with E-state index in [9.17, 15) is 41.4 Å². The molecule has 0 aliphatic heterocycles. The molecule has 10 heteroatoms. The highest BCUT2D eigenvalue weighted by atomic mass is 19.4. The van der Waals surface area contributed by atoms with E-state index in [1.54, 1.807) is 0 Å². The Balaban J connectivity index is 2.23. The van der Waals surface area contributed by atoms with Crippen LogP contribution in [0.15, 0.2) is 36.4 Å². The number of aromatic hydroxyl groups is 2. The maximum Gasteiger partial charge on any atom is 0.416 e. The van der Waals surface area contributed by atoms with Crippen LogP contribution >= 0.6 is 0 Å². The fourth-order valence-electron chi connectivity index (χ4n) is 2.43. The number of anilines is 1. The number of phenolic OH excluding ortho intramolecular Hbond substituents is 2. The van der Waals surface area contributed by atoms with Gasteiger partial charge in [0.05, 0.1) is 11.1 Å². The van der Waals surface area contributed by atoms with Crippen LogP contribution in [0.1, 0.15) is 23.6 Å². The first-order valence-electron chi connectivity index (χ1n) is 7.88. The molecule has 1 unspecified atom stereocenters. The van der Waals surface area contributed by atoms with Crippen molar-refractivity contribution < 1.29 is 41.4 Å². The van der Waals surface area contributed by atoms with Crippen LogP contribution in [0.3, 0.4) is 0 Å². The molecule has 2 rings (SSSR count). The van der Waals surface area contributed by atoms with Crippen molar-refractivity contribution in [3.8, 4) is 11.5 Å². The van der Waals surface area contributed by atoms with Crippen LogP contribution in [0.2, 0.25) is 0 Å². The third-order valence-corrected chi connectivity index (χ3v) is 3.88. The Morgan fingerprint density at radius 2 is 1.46 bits per heavy atom. The molecule has 0 aliphatic carbocycles. The predicted molar refractivity (Wildman–Crippen MR) is 87.7 cm³/mol. The summed E-state index contributed by atoms with van der Waals surface area (Å²) in [5.41, 5.74) is -3.26. The number of carbonyl (C=O) groups excluding carboxylic acids is 1. The summed E-state index contributed by atoms with van der Waals surface area (Å²) in [4.78, 5) is 12.2. The van der Waals surface area contributed by atoms with Gasteiger partial charge in [0.25, 0.3) is 0 Å². The second-order valence-corrected chi connectivity index (χ2v) is 6.21. The fraction of sp³-hybridized carbons (Fsp3) is 0.278. The van der Waals surface area contributed by atoms with E-state index >= 15 is 0 Å². The van der Waals surface area contributed by atoms with Crippen molar-refractivity contribution >= 4 is 11.6 Å². The number of hydrogen-bond acceptors (Lipinski definition) is 3. The Morgan fingerprint density at radius 1 is 0.929 bits per heavy atom. The average molecular weight is 407 g/mol. The van der Waals surface area contributed by atoms with Gasteiger partial charge in [0, 0.05) is 11.6 Å². The predicted octanol–water partition coefficient (Wildman–Crippen LogP) is 4.95. The van der Waals surface area contributed by atoms with Crippen LogP contribution in [0.4, 0.5) is 32.0 Å². The topological polar surface area (TPSA) is 69.6 Å². The Labute approximate surface area is 155 Å². The van der Waals surface area contributed by atoms with Crippen LogP contribution in [0.25, 0.3) is 0 Å². The second-order valence-electron chi connectivity index (χ2n) is 6.21. The van der Waals surface area contributed by atoms with Crippen LogP contribution in [0.5, 0.6) is 11.5 Å². The minimum absolute atomic E-state index is 0.0295. The standard InChI is InChI=1S/C18H15F6NO3/c1-9(4-10-2-3-14(26)15(27)5-10)16(28)25-13-7-11(17(19,20)21)6-12(8-13)18(22,23)24/h2-3,5-9,26-27H,4H2,1H3,(H,25,28). The van der Waals surface area contributed by atoms with E-state index in [0.29, 0.717) is 17.7 Å². The molecule has 4 nitrogen and oxygen atoms in total. The van der Waals surface area contributed by atoms with Gasteiger partial charge in [-0.1, -0.05) is 13.0 Å². The lowest BCUT2D eigenvalue weighted by molar-refractivity contribution is -0.143. The third-order valence-electron chi connectivity index (χ3n) is 3.88. The van der Waals surface area contributed by atoms with E-state index in [4.69, 9.17) is 0 Å². The smallest absolute Gasteiger partial charge is 0.416 e. The van der Waals surface area contributed by atoms with E-state index in [1.807, 2.05) is 0 Å². The van der Waals surface area contributed by atoms with Crippen molar-refractivity contribution in [1.29, 1.82) is 0 Å². The molecular formula is C18H15F6NO3. The normalized spacial score (nSPS) is 13.2. The summed E-state index contributed by atoms with van der Waals surface area (Å²) in [7, 11) is 0. The van der Waals surface area contributed by atoms with Crippen molar-refractivity contribution in [2.75, 3.05) is 5.32 Å². The lowest BCUT2D eigenvalue weighted by Gasteiger charge is -2.16. The van der Waals surface area contributed by atoms with Crippen molar-refractivity contribution in [2.45, 2.75) is 25.7 Å². The number of alkyl halides is 6. The highest BCUT2D eigenvalue weighted by Crippen LogP contribution is 2.37. The first-order valence-corrected chi connectivity index (χ1v) is 7.88. The van der Waals surface area contributed by atoms with Gasteiger partial charge in [-0.15, -0.1) is 0 Å². The number of carbonyl (C=O) groups is 1. The number of nitrogens with one attached hydrogen (secondary N) is 1. The molecule has 1 atom stereocenters. The first-order chi connectivity index (χ1) is 12.8. The molecule has 0 saturated heterocycles. The molecule has 0 fully saturated rings. The molecule has 0 aliphatic rings. The molecule has 3 N–H and O–H groups in total. The Bertz CT molecular complexity index is 844. The van der Waals surface area contributed by atoms with Crippen LogP contribution in [-0.4, -0.2) is 16.1 Å². The highest BCUT2D eigenvalue weighted by molar-refractivity contribution is 5.92. The molecule has 2 aromatic rings. The van der Waals surface area contributed by atoms with Crippen LogP contribution in [-0.2, 0) is 23.6 Å². The molecule has 1 amide bonds. The van der Waals surface area contributed by atoms with E-state index < -0.39 is 46.7 Å². The lowest BCUT2D eigenvalue weighted by Crippen LogP contribution is -2.23. The summed E-state index contributed by atoms with van der Waals surface area (Å²) in [5, 5.41) is 20.8. The van der Waals surface area contributed by atoms with Gasteiger partial charge in [-0.2, -0.15) is 26.3 Å². The second kappa shape index (κ2) is 7.61. The Morgan fingerprint density at radius 3 is 1.93 bits per heavy atom. The first kappa shape index (κ1) is 21.4. The zero-order valence-electron chi connectivity index (χ0n) is 14.3. The van der Waals surface area contributed by atoms with Crippen molar-refractivity contribution in [2.24, 2.45) is 5.92 Å². The fourth-order valence-corrected chi connectivity index (χ4v) is 2.43. The summed E-state index contributed by atoms with van der Waals surface area (Å²) in [6.07, 6.45) is -10.0. The minimum Gasteiger partial charge on any atom is -0.504 e. The van der Waals surface area contributed by atoms with Gasteiger partial charge in [-0.3, -0.25) is 4.79 Å². The monoisotopic (exact) mass is 407 g/mol. The summed E-state index contributed by atoms with van der Waals surface area (Å²) < 4.78 is 77.2. The Kier molecular flexibility index (Phi) is 5.81. The lowest BCUT2D eigenvalue weighted by atomic mass is 9.99. The summed E-state index contributed by atoms with van der Waals surface area (Å²) in [6, 6.07) is 4.63. The van der Waals surface area contributed by atoms with E-state index in [-0.39, 0.29) is 18.2 Å². The van der Waals surface area contributed by atoms with Gasteiger partial charge in [-0.05, 0) is 42.3 Å². The van der Waals surface area contributed by atoms with E-state index in [2.05, 4.69) is 5.32 Å². The highest BCUT2D eigenvalue weighted by Gasteiger charge is 2.37. The van der Waals surface area contributed by atoms with Crippen molar-refractivity contribution in [3.63, 3.8) is 0 Å². The number of amides is 1. The van der Waals surface area contributed by atoms with Crippen molar-refractivity contribution in [1.82, 2.24) is 0 Å². The van der Waals surface area contributed by atoms with Gasteiger partial charge >= 0.3 is 12.4 Å². The number of hydrogen-bond donors (Lipinski definition) is 3. The van der Waals surface area contributed by atoms with Gasteiger partial charge in [0.15, 0.2) is 11.5 Å². The molecule has 0 radical (unpaired) electrons. The maximum atomic E-state index is 12.9. The summed E-state index contributed by atoms with van der Waals surface area (Å²) >= 11 is 0. The molecule has 28 heavy (non-hydrogen) atoms. The van der Waals surface area contributed by atoms with E-state index in [1.165, 1.54) is 25.1 Å². The molecule has 152 valence electrons. The van der Waals surface area contributed by atoms with Crippen LogP contribution in [0, 0.1) is 5.92 Å². The van der Waals surface area contributed by atoms with Crippen LogP contribution < -0.4 is 5.32 Å². The average Bonchev–Trinajstić information content (AvgIpc) is 2.56. The van der Waals surface area contributed by atoms with Crippen molar-refractivity contribution in [3.05, 3.63) is 53.1 Å². The Hall–Kier alpha value is -2.91. The summed E-state index contributed by atoms with van der Waals surface area (Å²) in [6.45, 7) is 1.41. The SMILES string of the molecule is CC(Cc1ccc(O)c(O)c1)C(=O)Nc1cc(C(F)(F)F)cc(C(F)(F)F)c1. The molecule has 0 aromatic heterocycles. The zero-order valence-corrected chi connectivity index (χ0v) is 14.3. The molecule has 0 bridgehead atoms. The molecule has 0 saturated carbocycles. The largest absolute Gasteiger partial charge is 0.504 e. The molecular weight excluding hydrogens is 392 g/mol. The number of halogens is 6. The van der Waals surface area contributed by atoms with Gasteiger partial charge in [0.1, 0.15) is 0 Å². The van der Waals surface area contributed by atoms with E-state index in [0.717, 1.165) is 0 Å². The number of benzene rings is 2.